The standard InChI is InChI=1S/C6H6N4O2S/c7-13(11,12)5-4-9-6-8-2-1-3-10(5)6/h1-4H,(H2,7,11,12). The summed E-state index contributed by atoms with van der Waals surface area (Å²) in [5.74, 6) is 0.312. The Labute approximate surface area is 74.1 Å². The topological polar surface area (TPSA) is 90.4 Å². The van der Waals surface area contributed by atoms with Gasteiger partial charge in [-0.1, -0.05) is 0 Å². The maximum absolute atomic E-state index is 11.0. The summed E-state index contributed by atoms with van der Waals surface area (Å²) in [6.45, 7) is 0. The zero-order chi connectivity index (χ0) is 9.47. The minimum Gasteiger partial charge on any atom is -0.273 e. The molecule has 2 heterocycles. The molecule has 0 atom stereocenters. The summed E-state index contributed by atoms with van der Waals surface area (Å²) in [5.41, 5.74) is 0. The molecule has 68 valence electrons. The zero-order valence-corrected chi connectivity index (χ0v) is 7.27. The number of nitrogens with two attached hydrogens (primary N) is 1. The van der Waals surface area contributed by atoms with Gasteiger partial charge in [-0.3, -0.25) is 4.40 Å². The Morgan fingerprint density at radius 2 is 2.15 bits per heavy atom. The lowest BCUT2D eigenvalue weighted by Crippen LogP contribution is -2.14. The van der Waals surface area contributed by atoms with E-state index in [1.165, 1.54) is 23.0 Å². The van der Waals surface area contributed by atoms with E-state index in [2.05, 4.69) is 9.97 Å². The van der Waals surface area contributed by atoms with E-state index in [9.17, 15) is 8.42 Å². The molecular weight excluding hydrogens is 192 g/mol. The van der Waals surface area contributed by atoms with Crippen LogP contribution in [-0.2, 0) is 10.0 Å². The van der Waals surface area contributed by atoms with Crippen molar-refractivity contribution < 1.29 is 8.42 Å². The maximum Gasteiger partial charge on any atom is 0.255 e. The smallest absolute Gasteiger partial charge is 0.255 e. The predicted molar refractivity (Wildman–Crippen MR) is 44.4 cm³/mol. The summed E-state index contributed by atoms with van der Waals surface area (Å²) in [7, 11) is -3.73. The van der Waals surface area contributed by atoms with Crippen molar-refractivity contribution in [2.24, 2.45) is 5.14 Å². The second kappa shape index (κ2) is 2.51. The third-order valence-electron chi connectivity index (χ3n) is 1.55. The second-order valence-electron chi connectivity index (χ2n) is 2.43. The molecule has 2 aromatic heterocycles. The van der Waals surface area contributed by atoms with E-state index in [4.69, 9.17) is 5.14 Å². The number of primary sulfonamides is 1. The van der Waals surface area contributed by atoms with E-state index in [1.54, 1.807) is 6.07 Å². The number of sulfonamides is 1. The van der Waals surface area contributed by atoms with Gasteiger partial charge in [-0.05, 0) is 6.07 Å². The van der Waals surface area contributed by atoms with Gasteiger partial charge in [0.05, 0.1) is 6.20 Å². The molecule has 0 saturated carbocycles. The van der Waals surface area contributed by atoms with Gasteiger partial charge in [0.25, 0.3) is 10.0 Å². The Morgan fingerprint density at radius 1 is 1.38 bits per heavy atom. The molecule has 0 radical (unpaired) electrons. The predicted octanol–water partition coefficient (Wildman–Crippen LogP) is -0.623. The van der Waals surface area contributed by atoms with Gasteiger partial charge in [-0.2, -0.15) is 0 Å². The Balaban J connectivity index is 2.87. The van der Waals surface area contributed by atoms with Crippen LogP contribution >= 0.6 is 0 Å². The average molecular weight is 198 g/mol. The lowest BCUT2D eigenvalue weighted by atomic mass is 10.7. The average Bonchev–Trinajstić information content (AvgIpc) is 2.45. The zero-order valence-electron chi connectivity index (χ0n) is 6.45. The molecule has 0 saturated heterocycles. The lowest BCUT2D eigenvalue weighted by molar-refractivity contribution is 0.593. The van der Waals surface area contributed by atoms with Crippen molar-refractivity contribution in [3.63, 3.8) is 0 Å². The summed E-state index contributed by atoms with van der Waals surface area (Å²) in [4.78, 5) is 7.63. The number of rotatable bonds is 1. The van der Waals surface area contributed by atoms with E-state index in [-0.39, 0.29) is 5.03 Å². The van der Waals surface area contributed by atoms with Crippen molar-refractivity contribution >= 4 is 15.8 Å². The third kappa shape index (κ3) is 1.27. The molecule has 2 N–H and O–H groups in total. The molecule has 0 spiro atoms. The molecule has 6 nitrogen and oxygen atoms in total. The first-order chi connectivity index (χ1) is 6.09. The van der Waals surface area contributed by atoms with Crippen LogP contribution in [0.3, 0.4) is 0 Å². The minimum absolute atomic E-state index is 0.0596. The first-order valence-electron chi connectivity index (χ1n) is 3.40. The van der Waals surface area contributed by atoms with Gasteiger partial charge >= 0.3 is 0 Å². The van der Waals surface area contributed by atoms with Crippen LogP contribution in [0.25, 0.3) is 5.78 Å². The SMILES string of the molecule is NS(=O)(=O)c1cnc2ncccn12. The van der Waals surface area contributed by atoms with Crippen LogP contribution in [0.4, 0.5) is 0 Å². The molecule has 0 aliphatic heterocycles. The van der Waals surface area contributed by atoms with Crippen molar-refractivity contribution in [3.8, 4) is 0 Å². The van der Waals surface area contributed by atoms with Gasteiger partial charge in [0.15, 0.2) is 5.03 Å². The van der Waals surface area contributed by atoms with E-state index in [1.807, 2.05) is 0 Å². The summed E-state index contributed by atoms with van der Waals surface area (Å²) in [5, 5.41) is 4.89. The molecule has 0 fully saturated rings. The molecular formula is C6H6N4O2S. The molecule has 0 amide bonds. The van der Waals surface area contributed by atoms with Gasteiger partial charge in [-0.25, -0.2) is 23.5 Å². The summed E-state index contributed by atoms with van der Waals surface area (Å²) in [6.07, 6.45) is 4.24. The van der Waals surface area contributed by atoms with Gasteiger partial charge < -0.3 is 0 Å². The Bertz CT molecular complexity index is 545. The van der Waals surface area contributed by atoms with E-state index < -0.39 is 10.0 Å². The van der Waals surface area contributed by atoms with Crippen molar-refractivity contribution in [2.75, 3.05) is 0 Å². The first-order valence-corrected chi connectivity index (χ1v) is 4.94. The number of fused-ring (bicyclic) bond motifs is 1. The number of aromatic nitrogens is 3. The molecule has 13 heavy (non-hydrogen) atoms. The molecule has 2 aromatic rings. The fourth-order valence-electron chi connectivity index (χ4n) is 1.02. The highest BCUT2D eigenvalue weighted by Gasteiger charge is 2.13. The van der Waals surface area contributed by atoms with Gasteiger partial charge in [0.1, 0.15) is 0 Å². The summed E-state index contributed by atoms with van der Waals surface area (Å²) >= 11 is 0. The van der Waals surface area contributed by atoms with Gasteiger partial charge in [0.2, 0.25) is 5.78 Å². The van der Waals surface area contributed by atoms with E-state index in [0.717, 1.165) is 0 Å². The van der Waals surface area contributed by atoms with Crippen molar-refractivity contribution in [3.05, 3.63) is 24.7 Å². The molecule has 0 aliphatic rings. The highest BCUT2D eigenvalue weighted by molar-refractivity contribution is 7.89. The number of nitrogens with zero attached hydrogens (tertiary/aromatic N) is 3. The number of hydrogen-bond acceptors (Lipinski definition) is 4. The molecule has 0 aromatic carbocycles. The fraction of sp³-hybridized carbons (Fsp3) is 0. The molecule has 0 bridgehead atoms. The molecule has 0 aliphatic carbocycles. The Hall–Kier alpha value is -1.47. The summed E-state index contributed by atoms with van der Waals surface area (Å²) in [6, 6.07) is 1.60. The maximum atomic E-state index is 11.0. The van der Waals surface area contributed by atoms with Gasteiger partial charge in [-0.15, -0.1) is 0 Å². The van der Waals surface area contributed by atoms with Crippen LogP contribution < -0.4 is 5.14 Å². The van der Waals surface area contributed by atoms with Gasteiger partial charge in [0, 0.05) is 12.4 Å². The van der Waals surface area contributed by atoms with E-state index >= 15 is 0 Å². The number of hydrogen-bond donors (Lipinski definition) is 1. The van der Waals surface area contributed by atoms with Crippen molar-refractivity contribution in [2.45, 2.75) is 5.03 Å². The summed E-state index contributed by atoms with van der Waals surface area (Å²) < 4.78 is 23.3. The van der Waals surface area contributed by atoms with E-state index in [0.29, 0.717) is 5.78 Å². The van der Waals surface area contributed by atoms with Crippen LogP contribution in [0.1, 0.15) is 0 Å². The largest absolute Gasteiger partial charge is 0.273 e. The number of imidazole rings is 1. The van der Waals surface area contributed by atoms with Crippen LogP contribution in [0.5, 0.6) is 0 Å². The van der Waals surface area contributed by atoms with Crippen molar-refractivity contribution in [1.29, 1.82) is 0 Å². The van der Waals surface area contributed by atoms with Crippen LogP contribution in [-0.4, -0.2) is 22.8 Å². The van der Waals surface area contributed by atoms with Crippen LogP contribution in [0, 0.1) is 0 Å². The quantitative estimate of drug-likeness (QED) is 0.661. The normalized spacial score (nSPS) is 12.1. The highest BCUT2D eigenvalue weighted by atomic mass is 32.2. The molecule has 0 unspecified atom stereocenters. The Kier molecular flexibility index (Phi) is 1.57. The minimum atomic E-state index is -3.73. The first kappa shape index (κ1) is 8.14. The fourth-order valence-corrected chi connectivity index (χ4v) is 1.63. The molecule has 2 rings (SSSR count). The highest BCUT2D eigenvalue weighted by Crippen LogP contribution is 2.07. The lowest BCUT2D eigenvalue weighted by Gasteiger charge is -1.95. The third-order valence-corrected chi connectivity index (χ3v) is 2.43. The Morgan fingerprint density at radius 3 is 2.85 bits per heavy atom. The van der Waals surface area contributed by atoms with Crippen LogP contribution in [0.2, 0.25) is 0 Å². The second-order valence-corrected chi connectivity index (χ2v) is 3.94. The van der Waals surface area contributed by atoms with Crippen LogP contribution in [0.15, 0.2) is 29.7 Å². The monoisotopic (exact) mass is 198 g/mol. The van der Waals surface area contributed by atoms with Crippen molar-refractivity contribution in [1.82, 2.24) is 14.4 Å². The molecule has 7 heteroatoms.